The number of anilines is 2. The highest BCUT2D eigenvalue weighted by Gasteiger charge is 2.22. The van der Waals surface area contributed by atoms with Crippen molar-refractivity contribution in [1.82, 2.24) is 14.5 Å². The Hall–Kier alpha value is -2.45. The first-order valence-corrected chi connectivity index (χ1v) is 11.8. The quantitative estimate of drug-likeness (QED) is 0.626. The molecule has 2 N–H and O–H groups in total. The Kier molecular flexibility index (Phi) is 5.08. The van der Waals surface area contributed by atoms with Crippen LogP contribution in [0.1, 0.15) is 37.3 Å². The Morgan fingerprint density at radius 3 is 2.66 bits per heavy atom. The van der Waals surface area contributed by atoms with E-state index in [4.69, 9.17) is 16.4 Å². The van der Waals surface area contributed by atoms with E-state index in [1.807, 2.05) is 6.92 Å². The molecule has 7 nitrogen and oxygen atoms in total. The molecular formula is C20H22ClN5O2S. The van der Waals surface area contributed by atoms with Crippen LogP contribution in [0.4, 0.5) is 11.6 Å². The molecule has 0 saturated heterocycles. The molecule has 1 fully saturated rings. The van der Waals surface area contributed by atoms with Crippen molar-refractivity contribution in [3.63, 3.8) is 0 Å². The Balaban J connectivity index is 1.77. The van der Waals surface area contributed by atoms with Crippen LogP contribution < -0.4 is 10.9 Å². The maximum absolute atomic E-state index is 12.7. The van der Waals surface area contributed by atoms with Gasteiger partial charge in [-0.3, -0.25) is 9.36 Å². The number of hydrogen-bond acceptors (Lipinski definition) is 6. The summed E-state index contributed by atoms with van der Waals surface area (Å²) < 4.78 is 21.4. The maximum Gasteiger partial charge on any atom is 0.271 e. The van der Waals surface area contributed by atoms with Crippen LogP contribution in [0.2, 0.25) is 5.02 Å². The van der Waals surface area contributed by atoms with Crippen LogP contribution in [0.5, 0.6) is 0 Å². The standard InChI is InChI=1S/C20H22ClN5O2S/c1-12-9-15(29(2,22)28)7-8-17(12)24-20-23-11-13-10-16(21)19(27)26(18(13)25-20)14-5-3-4-6-14/h7-11,14,22H,3-6H2,1-2H3,(H,23,24,25). The first-order valence-electron chi connectivity index (χ1n) is 9.43. The predicted octanol–water partition coefficient (Wildman–Crippen LogP) is 4.65. The minimum Gasteiger partial charge on any atom is -0.324 e. The minimum absolute atomic E-state index is 0.0993. The van der Waals surface area contributed by atoms with Gasteiger partial charge >= 0.3 is 0 Å². The second kappa shape index (κ2) is 7.42. The van der Waals surface area contributed by atoms with Crippen LogP contribution in [0.25, 0.3) is 11.0 Å². The third-order valence-corrected chi connectivity index (χ3v) is 6.74. The number of halogens is 1. The lowest BCUT2D eigenvalue weighted by atomic mass is 10.2. The van der Waals surface area contributed by atoms with E-state index in [2.05, 4.69) is 15.3 Å². The van der Waals surface area contributed by atoms with Gasteiger partial charge in [0.25, 0.3) is 5.56 Å². The predicted molar refractivity (Wildman–Crippen MR) is 116 cm³/mol. The molecule has 1 saturated carbocycles. The van der Waals surface area contributed by atoms with Crippen LogP contribution in [0, 0.1) is 11.7 Å². The van der Waals surface area contributed by atoms with Crippen LogP contribution in [0.3, 0.4) is 0 Å². The van der Waals surface area contributed by atoms with Crippen LogP contribution in [0.15, 0.2) is 40.2 Å². The van der Waals surface area contributed by atoms with Crippen molar-refractivity contribution >= 4 is 44.0 Å². The van der Waals surface area contributed by atoms with Gasteiger partial charge in [-0.05, 0) is 49.6 Å². The van der Waals surface area contributed by atoms with Gasteiger partial charge in [0.1, 0.15) is 10.7 Å². The van der Waals surface area contributed by atoms with Gasteiger partial charge in [-0.2, -0.15) is 4.98 Å². The lowest BCUT2D eigenvalue weighted by Gasteiger charge is -2.17. The zero-order chi connectivity index (χ0) is 20.8. The molecule has 0 aliphatic heterocycles. The summed E-state index contributed by atoms with van der Waals surface area (Å²) in [6, 6.07) is 6.87. The number of fused-ring (bicyclic) bond motifs is 1. The number of hydrogen-bond donors (Lipinski definition) is 2. The molecule has 0 spiro atoms. The summed E-state index contributed by atoms with van der Waals surface area (Å²) in [6.07, 6.45) is 7.10. The molecule has 1 aromatic carbocycles. The smallest absolute Gasteiger partial charge is 0.271 e. The molecule has 4 rings (SSSR count). The van der Waals surface area contributed by atoms with Crippen molar-refractivity contribution in [1.29, 1.82) is 4.78 Å². The maximum atomic E-state index is 12.7. The Morgan fingerprint density at radius 1 is 1.28 bits per heavy atom. The molecule has 0 bridgehead atoms. The van der Waals surface area contributed by atoms with Gasteiger partial charge in [0.2, 0.25) is 5.95 Å². The fourth-order valence-electron chi connectivity index (χ4n) is 3.79. The average molecular weight is 432 g/mol. The molecule has 2 heterocycles. The molecule has 152 valence electrons. The van der Waals surface area contributed by atoms with E-state index in [9.17, 15) is 9.00 Å². The number of rotatable bonds is 4. The first kappa shape index (κ1) is 19.8. The third kappa shape index (κ3) is 3.86. The lowest BCUT2D eigenvalue weighted by Crippen LogP contribution is -2.25. The van der Waals surface area contributed by atoms with E-state index >= 15 is 0 Å². The summed E-state index contributed by atoms with van der Waals surface area (Å²) in [7, 11) is -2.78. The Bertz CT molecular complexity index is 1260. The molecule has 1 aliphatic carbocycles. The summed E-state index contributed by atoms with van der Waals surface area (Å²) in [6.45, 7) is 1.87. The SMILES string of the molecule is Cc1cc(S(C)(=N)=O)ccc1Nc1ncc2cc(Cl)c(=O)n(C3CCCC3)c2n1. The van der Waals surface area contributed by atoms with Crippen LogP contribution in [-0.4, -0.2) is 25.0 Å². The number of nitrogens with zero attached hydrogens (tertiary/aromatic N) is 3. The largest absolute Gasteiger partial charge is 0.324 e. The fourth-order valence-corrected chi connectivity index (χ4v) is 4.73. The molecule has 1 atom stereocenters. The summed E-state index contributed by atoms with van der Waals surface area (Å²) in [5, 5.41) is 4.07. The molecule has 1 aliphatic rings. The third-order valence-electron chi connectivity index (χ3n) is 5.31. The lowest BCUT2D eigenvalue weighted by molar-refractivity contribution is 0.516. The second-order valence-electron chi connectivity index (χ2n) is 7.52. The molecule has 29 heavy (non-hydrogen) atoms. The highest BCUT2D eigenvalue weighted by molar-refractivity contribution is 7.91. The molecule has 0 amide bonds. The van der Waals surface area contributed by atoms with Crippen molar-refractivity contribution in [2.24, 2.45) is 0 Å². The van der Waals surface area contributed by atoms with E-state index in [0.29, 0.717) is 16.5 Å². The van der Waals surface area contributed by atoms with E-state index in [-0.39, 0.29) is 16.6 Å². The van der Waals surface area contributed by atoms with Crippen LogP contribution >= 0.6 is 11.6 Å². The molecule has 3 aromatic rings. The summed E-state index contributed by atoms with van der Waals surface area (Å²) in [5.74, 6) is 0.366. The molecule has 2 aromatic heterocycles. The number of nitrogens with one attached hydrogen (secondary N) is 2. The van der Waals surface area contributed by atoms with Crippen molar-refractivity contribution in [2.75, 3.05) is 11.6 Å². The van der Waals surface area contributed by atoms with E-state index in [0.717, 1.165) is 42.3 Å². The van der Waals surface area contributed by atoms with Crippen molar-refractivity contribution in [2.45, 2.75) is 43.5 Å². The normalized spacial score (nSPS) is 16.8. The molecular weight excluding hydrogens is 410 g/mol. The first-order chi connectivity index (χ1) is 13.7. The van der Waals surface area contributed by atoms with Crippen LogP contribution in [-0.2, 0) is 9.73 Å². The summed E-state index contributed by atoms with van der Waals surface area (Å²) in [5.41, 5.74) is 1.93. The topological polar surface area (TPSA) is 101 Å². The Labute approximate surface area is 174 Å². The van der Waals surface area contributed by atoms with Gasteiger partial charge in [0.05, 0.1) is 9.73 Å². The average Bonchev–Trinajstić information content (AvgIpc) is 3.18. The molecule has 9 heteroatoms. The van der Waals surface area contributed by atoms with E-state index in [1.54, 1.807) is 35.0 Å². The monoisotopic (exact) mass is 431 g/mol. The van der Waals surface area contributed by atoms with Gasteiger partial charge in [-0.25, -0.2) is 14.0 Å². The van der Waals surface area contributed by atoms with Gasteiger partial charge in [0.15, 0.2) is 0 Å². The van der Waals surface area contributed by atoms with E-state index < -0.39 is 9.73 Å². The fraction of sp³-hybridized carbons (Fsp3) is 0.350. The van der Waals surface area contributed by atoms with E-state index in [1.165, 1.54) is 6.26 Å². The van der Waals surface area contributed by atoms with Crippen molar-refractivity contribution < 1.29 is 4.21 Å². The van der Waals surface area contributed by atoms with Crippen molar-refractivity contribution in [3.8, 4) is 0 Å². The van der Waals surface area contributed by atoms with Gasteiger partial charge in [-0.15, -0.1) is 0 Å². The Morgan fingerprint density at radius 2 is 2.00 bits per heavy atom. The summed E-state index contributed by atoms with van der Waals surface area (Å²) >= 11 is 6.17. The van der Waals surface area contributed by atoms with Gasteiger partial charge in [-0.1, -0.05) is 24.4 Å². The van der Waals surface area contributed by atoms with Gasteiger partial charge in [0, 0.05) is 34.5 Å². The number of benzene rings is 1. The number of aryl methyl sites for hydroxylation is 1. The minimum atomic E-state index is -2.78. The zero-order valence-corrected chi connectivity index (χ0v) is 17.8. The second-order valence-corrected chi connectivity index (χ2v) is 10.1. The number of aromatic nitrogens is 3. The van der Waals surface area contributed by atoms with Crippen molar-refractivity contribution in [3.05, 3.63) is 51.4 Å². The van der Waals surface area contributed by atoms with Gasteiger partial charge < -0.3 is 5.32 Å². The molecule has 0 radical (unpaired) electrons. The number of pyridine rings is 1. The zero-order valence-electron chi connectivity index (χ0n) is 16.2. The highest BCUT2D eigenvalue weighted by Crippen LogP contribution is 2.31. The highest BCUT2D eigenvalue weighted by atomic mass is 35.5. The summed E-state index contributed by atoms with van der Waals surface area (Å²) in [4.78, 5) is 22.2. The molecule has 1 unspecified atom stereocenters.